The molecule has 0 radical (unpaired) electrons. The molecule has 3 N–H and O–H groups in total. The van der Waals surface area contributed by atoms with Crippen LogP contribution in [0.3, 0.4) is 0 Å². The molecule has 2 unspecified atom stereocenters. The van der Waals surface area contributed by atoms with Crippen molar-refractivity contribution < 1.29 is 29.4 Å². The third-order valence-corrected chi connectivity index (χ3v) is 7.31. The van der Waals surface area contributed by atoms with E-state index in [0.29, 0.717) is 19.3 Å². The Morgan fingerprint density at radius 2 is 1.00 bits per heavy atom. The van der Waals surface area contributed by atoms with Gasteiger partial charge >= 0.3 is 11.9 Å². The summed E-state index contributed by atoms with van der Waals surface area (Å²) in [6, 6.07) is -0.961. The first-order valence-corrected chi connectivity index (χ1v) is 15.6. The zero-order valence-electron chi connectivity index (χ0n) is 24.4. The maximum atomic E-state index is 12.3. The van der Waals surface area contributed by atoms with Gasteiger partial charge in [-0.25, -0.2) is 4.79 Å². The Kier molecular flexibility index (Phi) is 24.1. The van der Waals surface area contributed by atoms with Crippen LogP contribution in [-0.4, -0.2) is 39.9 Å². The number of carboxylic acids is 2. The lowest BCUT2D eigenvalue weighted by Gasteiger charge is -2.15. The number of nitrogens with one attached hydrogen (secondary N) is 1. The second-order valence-corrected chi connectivity index (χ2v) is 11.0. The van der Waals surface area contributed by atoms with Crippen LogP contribution in [0.2, 0.25) is 0 Å². The number of carbonyl (C=O) groups is 4. The van der Waals surface area contributed by atoms with Crippen LogP contribution in [0.1, 0.15) is 162 Å². The predicted molar refractivity (Wildman–Crippen MR) is 153 cm³/mol. The van der Waals surface area contributed by atoms with E-state index in [0.717, 1.165) is 19.3 Å². The van der Waals surface area contributed by atoms with Gasteiger partial charge in [0.05, 0.1) is 5.92 Å². The molecule has 0 fully saturated rings. The van der Waals surface area contributed by atoms with E-state index in [1.54, 1.807) is 0 Å². The van der Waals surface area contributed by atoms with Crippen LogP contribution in [0.4, 0.5) is 0 Å². The molecule has 0 saturated carbocycles. The summed E-state index contributed by atoms with van der Waals surface area (Å²) in [4.78, 5) is 47.0. The van der Waals surface area contributed by atoms with E-state index in [2.05, 4.69) is 12.2 Å². The molecule has 38 heavy (non-hydrogen) atoms. The molecule has 0 spiro atoms. The highest BCUT2D eigenvalue weighted by Crippen LogP contribution is 2.17. The number of carboxylic acid groups (broad SMARTS) is 2. The molecule has 0 bridgehead atoms. The third-order valence-electron chi connectivity index (χ3n) is 7.31. The smallest absolute Gasteiger partial charge is 0.326 e. The molecular formula is C31H57NO6. The Hall–Kier alpha value is -1.92. The third kappa shape index (κ3) is 22.1. The SMILES string of the molecule is CCCCCCCCCCCCCCCCCCCC(=O)CC(CCC(=O)NC(CCC)C(=O)O)C(=O)O. The summed E-state index contributed by atoms with van der Waals surface area (Å²) in [6.45, 7) is 4.09. The summed E-state index contributed by atoms with van der Waals surface area (Å²) in [5.41, 5.74) is 0. The molecule has 0 heterocycles. The van der Waals surface area contributed by atoms with E-state index in [9.17, 15) is 24.3 Å². The van der Waals surface area contributed by atoms with Crippen LogP contribution in [0.5, 0.6) is 0 Å². The summed E-state index contributed by atoms with van der Waals surface area (Å²) in [5.74, 6) is -3.66. The van der Waals surface area contributed by atoms with E-state index in [1.165, 1.54) is 89.9 Å². The molecule has 7 heteroatoms. The summed E-state index contributed by atoms with van der Waals surface area (Å²) < 4.78 is 0. The molecule has 0 aliphatic heterocycles. The minimum absolute atomic E-state index is 0.0322. The number of unbranched alkanes of at least 4 members (excludes halogenated alkanes) is 16. The van der Waals surface area contributed by atoms with E-state index in [1.807, 2.05) is 6.92 Å². The lowest BCUT2D eigenvalue weighted by atomic mass is 9.94. The minimum Gasteiger partial charge on any atom is -0.481 e. The van der Waals surface area contributed by atoms with Crippen LogP contribution in [0, 0.1) is 5.92 Å². The highest BCUT2D eigenvalue weighted by atomic mass is 16.4. The number of Topliss-reactive ketones (excluding diaryl/α,β-unsaturated/α-hetero) is 1. The van der Waals surface area contributed by atoms with Crippen LogP contribution >= 0.6 is 0 Å². The predicted octanol–water partition coefficient (Wildman–Crippen LogP) is 7.84. The average Bonchev–Trinajstić information content (AvgIpc) is 2.87. The van der Waals surface area contributed by atoms with Gasteiger partial charge in [-0.2, -0.15) is 0 Å². The summed E-state index contributed by atoms with van der Waals surface area (Å²) in [7, 11) is 0. The van der Waals surface area contributed by atoms with E-state index in [-0.39, 0.29) is 25.0 Å². The highest BCUT2D eigenvalue weighted by Gasteiger charge is 2.24. The van der Waals surface area contributed by atoms with Crippen molar-refractivity contribution >= 4 is 23.6 Å². The summed E-state index contributed by atoms with van der Waals surface area (Å²) in [6.07, 6.45) is 22.9. The Morgan fingerprint density at radius 1 is 0.553 bits per heavy atom. The number of ketones is 1. The fraction of sp³-hybridized carbons (Fsp3) is 0.871. The minimum atomic E-state index is -1.10. The van der Waals surface area contributed by atoms with Crippen LogP contribution in [-0.2, 0) is 19.2 Å². The number of hydrogen-bond donors (Lipinski definition) is 3. The zero-order valence-corrected chi connectivity index (χ0v) is 24.4. The molecule has 7 nitrogen and oxygen atoms in total. The Balaban J connectivity index is 3.76. The standard InChI is InChI=1S/C31H57NO6/c1-3-5-6-7-8-9-10-11-12-13-14-15-16-17-18-19-20-22-27(33)25-26(30(35)36)23-24-29(34)32-28(21-4-2)31(37)38/h26,28H,3-25H2,1-2H3,(H,32,34)(H,35,36)(H,37,38). The van der Waals surface area contributed by atoms with Crippen molar-refractivity contribution in [3.05, 3.63) is 0 Å². The molecule has 2 atom stereocenters. The van der Waals surface area contributed by atoms with Gasteiger partial charge in [0.15, 0.2) is 0 Å². The highest BCUT2D eigenvalue weighted by molar-refractivity contribution is 5.85. The number of hydrogen-bond acceptors (Lipinski definition) is 4. The first-order valence-electron chi connectivity index (χ1n) is 15.6. The van der Waals surface area contributed by atoms with Gasteiger partial charge in [-0.3, -0.25) is 14.4 Å². The van der Waals surface area contributed by atoms with Crippen molar-refractivity contribution in [1.82, 2.24) is 5.32 Å². The number of amides is 1. The maximum Gasteiger partial charge on any atom is 0.326 e. The van der Waals surface area contributed by atoms with Crippen molar-refractivity contribution in [1.29, 1.82) is 0 Å². The molecule has 0 aromatic rings. The Labute approximate surface area is 231 Å². The van der Waals surface area contributed by atoms with Crippen molar-refractivity contribution in [2.24, 2.45) is 5.92 Å². The van der Waals surface area contributed by atoms with Gasteiger partial charge in [0, 0.05) is 19.3 Å². The Bertz CT molecular complexity index is 636. The van der Waals surface area contributed by atoms with Gasteiger partial charge < -0.3 is 15.5 Å². The zero-order chi connectivity index (χ0) is 28.4. The fourth-order valence-corrected chi connectivity index (χ4v) is 4.85. The van der Waals surface area contributed by atoms with E-state index >= 15 is 0 Å². The monoisotopic (exact) mass is 539 g/mol. The van der Waals surface area contributed by atoms with Gasteiger partial charge in [-0.1, -0.05) is 123 Å². The molecule has 1 amide bonds. The lowest BCUT2D eigenvalue weighted by molar-refractivity contribution is -0.145. The molecule has 0 aliphatic rings. The summed E-state index contributed by atoms with van der Waals surface area (Å²) >= 11 is 0. The largest absolute Gasteiger partial charge is 0.481 e. The van der Waals surface area contributed by atoms with Gasteiger partial charge in [-0.05, 0) is 19.3 Å². The normalized spacial score (nSPS) is 12.7. The topological polar surface area (TPSA) is 121 Å². The second-order valence-electron chi connectivity index (χ2n) is 11.0. The van der Waals surface area contributed by atoms with Crippen molar-refractivity contribution in [3.8, 4) is 0 Å². The van der Waals surface area contributed by atoms with Crippen molar-refractivity contribution in [2.45, 2.75) is 168 Å². The van der Waals surface area contributed by atoms with E-state index in [4.69, 9.17) is 5.11 Å². The quantitative estimate of drug-likeness (QED) is 0.0871. The molecule has 0 saturated heterocycles. The number of carbonyl (C=O) groups excluding carboxylic acids is 2. The number of rotatable bonds is 28. The molecule has 222 valence electrons. The fourth-order valence-electron chi connectivity index (χ4n) is 4.85. The van der Waals surface area contributed by atoms with Crippen LogP contribution in [0.25, 0.3) is 0 Å². The van der Waals surface area contributed by atoms with Crippen molar-refractivity contribution in [2.75, 3.05) is 0 Å². The van der Waals surface area contributed by atoms with Gasteiger partial charge in [0.25, 0.3) is 0 Å². The lowest BCUT2D eigenvalue weighted by Crippen LogP contribution is -2.40. The van der Waals surface area contributed by atoms with Crippen molar-refractivity contribution in [3.63, 3.8) is 0 Å². The number of aliphatic carboxylic acids is 2. The van der Waals surface area contributed by atoms with Crippen LogP contribution in [0.15, 0.2) is 0 Å². The maximum absolute atomic E-state index is 12.3. The average molecular weight is 540 g/mol. The van der Waals surface area contributed by atoms with Gasteiger partial charge in [0.1, 0.15) is 11.8 Å². The first-order chi connectivity index (χ1) is 18.3. The Morgan fingerprint density at radius 3 is 1.39 bits per heavy atom. The molecule has 0 aromatic heterocycles. The first kappa shape index (κ1) is 36.1. The van der Waals surface area contributed by atoms with Crippen LogP contribution < -0.4 is 5.32 Å². The molecular weight excluding hydrogens is 482 g/mol. The van der Waals surface area contributed by atoms with Gasteiger partial charge in [-0.15, -0.1) is 0 Å². The molecule has 0 rings (SSSR count). The second kappa shape index (κ2) is 25.4. The molecule has 0 aromatic carbocycles. The summed E-state index contributed by atoms with van der Waals surface area (Å²) in [5, 5.41) is 21.0. The van der Waals surface area contributed by atoms with Gasteiger partial charge in [0.2, 0.25) is 5.91 Å². The molecule has 0 aliphatic carbocycles. The van der Waals surface area contributed by atoms with E-state index < -0.39 is 29.8 Å².